The molecule has 1 aliphatic rings. The van der Waals surface area contributed by atoms with Crippen LogP contribution in [0.2, 0.25) is 0 Å². The van der Waals surface area contributed by atoms with Crippen molar-refractivity contribution in [2.75, 3.05) is 37.8 Å². The number of carbonyl (C=O) groups is 3. The first kappa shape index (κ1) is 29.0. The van der Waals surface area contributed by atoms with Crippen molar-refractivity contribution in [1.82, 2.24) is 0 Å². The Kier molecular flexibility index (Phi) is 8.98. The Labute approximate surface area is 247 Å². The van der Waals surface area contributed by atoms with Crippen molar-refractivity contribution >= 4 is 40.4 Å². The summed E-state index contributed by atoms with van der Waals surface area (Å²) in [6.07, 6.45) is 3.74. The van der Waals surface area contributed by atoms with E-state index in [1.807, 2.05) is 72.8 Å². The van der Waals surface area contributed by atoms with Gasteiger partial charge in [0, 0.05) is 36.1 Å². The molecule has 5 rings (SSSR count). The number of likely N-dealkylation sites (tertiary alicyclic amines) is 1. The van der Waals surface area contributed by atoms with Gasteiger partial charge in [0.1, 0.15) is 12.4 Å². The summed E-state index contributed by atoms with van der Waals surface area (Å²) in [7, 11) is 4.40. The largest absolute Gasteiger partial charge is 0.446 e. The lowest BCUT2D eigenvalue weighted by molar-refractivity contribution is -0.896. The number of quaternary nitrogens is 1. The van der Waals surface area contributed by atoms with E-state index in [1.54, 1.807) is 6.07 Å². The van der Waals surface area contributed by atoms with Gasteiger partial charge in [-0.3, -0.25) is 14.9 Å². The number of ether oxygens (including phenoxy) is 1. The van der Waals surface area contributed by atoms with E-state index in [0.717, 1.165) is 69.9 Å². The fourth-order valence-corrected chi connectivity index (χ4v) is 5.46. The van der Waals surface area contributed by atoms with Crippen molar-refractivity contribution in [3.05, 3.63) is 96.1 Å². The highest BCUT2D eigenvalue weighted by atomic mass is 16.6. The highest BCUT2D eigenvalue weighted by Crippen LogP contribution is 2.30. The molecule has 0 atom stereocenters. The van der Waals surface area contributed by atoms with E-state index in [4.69, 9.17) is 4.74 Å². The lowest BCUT2D eigenvalue weighted by Gasteiger charge is -2.36. The van der Waals surface area contributed by atoms with Gasteiger partial charge in [0.15, 0.2) is 0 Å². The fourth-order valence-electron chi connectivity index (χ4n) is 5.46. The maximum Gasteiger partial charge on any atom is 0.411 e. The van der Waals surface area contributed by atoms with Gasteiger partial charge in [0.25, 0.3) is 0 Å². The van der Waals surface area contributed by atoms with Crippen LogP contribution < -0.4 is 10.6 Å². The molecule has 1 saturated heterocycles. The summed E-state index contributed by atoms with van der Waals surface area (Å²) in [4.78, 5) is 36.6. The third-order valence-electron chi connectivity index (χ3n) is 7.95. The number of piperidine rings is 1. The summed E-state index contributed by atoms with van der Waals surface area (Å²) in [5.41, 5.74) is 5.02. The number of nitrogens with zero attached hydrogens (tertiary/aromatic N) is 1. The Morgan fingerprint density at radius 2 is 1.62 bits per heavy atom. The molecule has 2 amide bonds. The molecule has 1 heterocycles. The van der Waals surface area contributed by atoms with E-state index < -0.39 is 6.09 Å². The molecule has 0 saturated carbocycles. The molecular weight excluding hydrogens is 526 g/mol. The second-order valence-electron chi connectivity index (χ2n) is 11.7. The van der Waals surface area contributed by atoms with Crippen LogP contribution in [0.15, 0.2) is 84.9 Å². The summed E-state index contributed by atoms with van der Waals surface area (Å²) >= 11 is 0. The predicted molar refractivity (Wildman–Crippen MR) is 168 cm³/mol. The molecule has 0 aromatic heterocycles. The number of aryl methyl sites for hydroxylation is 1. The molecule has 0 aliphatic carbocycles. The topological polar surface area (TPSA) is 84.5 Å². The zero-order valence-electron chi connectivity index (χ0n) is 24.3. The van der Waals surface area contributed by atoms with Crippen LogP contribution in [0.25, 0.3) is 21.9 Å². The molecule has 7 heteroatoms. The Hall–Kier alpha value is -4.49. The van der Waals surface area contributed by atoms with Gasteiger partial charge in [-0.15, -0.1) is 0 Å². The normalized spacial score (nSPS) is 14.7. The zero-order chi connectivity index (χ0) is 29.5. The number of aldehydes is 1. The second-order valence-corrected chi connectivity index (χ2v) is 11.7. The number of rotatable bonds is 9. The van der Waals surface area contributed by atoms with Crippen LogP contribution in [0.3, 0.4) is 0 Å². The van der Waals surface area contributed by atoms with Crippen LogP contribution in [0, 0.1) is 0 Å². The number of nitrogens with one attached hydrogen (secondary N) is 2. The molecule has 7 nitrogen and oxygen atoms in total. The number of fused-ring (bicyclic) bond motifs is 1. The van der Waals surface area contributed by atoms with Crippen LogP contribution in [0.5, 0.6) is 0 Å². The molecule has 42 heavy (non-hydrogen) atoms. The van der Waals surface area contributed by atoms with Crippen LogP contribution in [0.1, 0.15) is 41.6 Å². The van der Waals surface area contributed by atoms with Crippen molar-refractivity contribution in [2.45, 2.75) is 38.2 Å². The molecule has 1 aliphatic heterocycles. The SMILES string of the molecule is C[N+]1(C)CCC(OC(=O)Nc2cc(CCCC(=O)Nc3ccc4cc(C=O)ccc4c3)ccc2-c2ccccc2)CC1. The van der Waals surface area contributed by atoms with Crippen molar-refractivity contribution in [3.63, 3.8) is 0 Å². The van der Waals surface area contributed by atoms with E-state index >= 15 is 0 Å². The second kappa shape index (κ2) is 13.0. The highest BCUT2D eigenvalue weighted by molar-refractivity contribution is 5.96. The molecule has 0 bridgehead atoms. The van der Waals surface area contributed by atoms with Crippen LogP contribution in [-0.2, 0) is 16.0 Å². The Morgan fingerprint density at radius 3 is 2.38 bits per heavy atom. The number of amides is 2. The minimum atomic E-state index is -0.432. The van der Waals surface area contributed by atoms with Gasteiger partial charge >= 0.3 is 6.09 Å². The van der Waals surface area contributed by atoms with Gasteiger partial charge in [-0.05, 0) is 59.0 Å². The maximum atomic E-state index is 12.9. The Bertz CT molecular complexity index is 1570. The van der Waals surface area contributed by atoms with Gasteiger partial charge in [-0.25, -0.2) is 4.79 Å². The van der Waals surface area contributed by atoms with E-state index in [2.05, 4.69) is 30.8 Å². The zero-order valence-corrected chi connectivity index (χ0v) is 24.3. The van der Waals surface area contributed by atoms with E-state index in [-0.39, 0.29) is 12.0 Å². The average molecular weight is 565 g/mol. The maximum absolute atomic E-state index is 12.9. The number of benzene rings is 4. The van der Waals surface area contributed by atoms with Crippen molar-refractivity contribution in [2.24, 2.45) is 0 Å². The van der Waals surface area contributed by atoms with Gasteiger partial charge in [-0.1, -0.05) is 60.7 Å². The molecule has 4 aromatic carbocycles. The Balaban J connectivity index is 1.20. The number of hydrogen-bond donors (Lipinski definition) is 2. The van der Waals surface area contributed by atoms with Crippen molar-refractivity contribution < 1.29 is 23.6 Å². The first-order chi connectivity index (χ1) is 20.3. The van der Waals surface area contributed by atoms with Gasteiger partial charge in [0.05, 0.1) is 32.9 Å². The van der Waals surface area contributed by atoms with Crippen LogP contribution >= 0.6 is 0 Å². The minimum Gasteiger partial charge on any atom is -0.446 e. The lowest BCUT2D eigenvalue weighted by atomic mass is 9.99. The molecule has 0 radical (unpaired) electrons. The van der Waals surface area contributed by atoms with Gasteiger partial charge in [-0.2, -0.15) is 0 Å². The lowest BCUT2D eigenvalue weighted by Crippen LogP contribution is -2.48. The van der Waals surface area contributed by atoms with Gasteiger partial charge < -0.3 is 14.5 Å². The van der Waals surface area contributed by atoms with E-state index in [9.17, 15) is 14.4 Å². The minimum absolute atomic E-state index is 0.0593. The van der Waals surface area contributed by atoms with Crippen LogP contribution in [0.4, 0.5) is 16.2 Å². The molecule has 4 aromatic rings. The average Bonchev–Trinajstić information content (AvgIpc) is 2.98. The third-order valence-corrected chi connectivity index (χ3v) is 7.95. The first-order valence-corrected chi connectivity index (χ1v) is 14.5. The summed E-state index contributed by atoms with van der Waals surface area (Å²) < 4.78 is 6.75. The molecule has 216 valence electrons. The fraction of sp³-hybridized carbons (Fsp3) is 0.286. The van der Waals surface area contributed by atoms with Crippen molar-refractivity contribution in [1.29, 1.82) is 0 Å². The summed E-state index contributed by atoms with van der Waals surface area (Å²) in [5, 5.41) is 7.89. The molecule has 2 N–H and O–H groups in total. The number of hydrogen-bond acceptors (Lipinski definition) is 4. The van der Waals surface area contributed by atoms with E-state index in [0.29, 0.717) is 30.5 Å². The molecule has 0 spiro atoms. The number of carbonyl (C=O) groups excluding carboxylic acids is 3. The molecule has 1 fully saturated rings. The monoisotopic (exact) mass is 564 g/mol. The van der Waals surface area contributed by atoms with Gasteiger partial charge in [0.2, 0.25) is 5.91 Å². The van der Waals surface area contributed by atoms with Crippen molar-refractivity contribution in [3.8, 4) is 11.1 Å². The first-order valence-electron chi connectivity index (χ1n) is 14.5. The predicted octanol–water partition coefficient (Wildman–Crippen LogP) is 7.07. The smallest absolute Gasteiger partial charge is 0.411 e. The summed E-state index contributed by atoms with van der Waals surface area (Å²) in [6.45, 7) is 1.97. The summed E-state index contributed by atoms with van der Waals surface area (Å²) in [6, 6.07) is 27.2. The van der Waals surface area contributed by atoms with E-state index in [1.165, 1.54) is 0 Å². The van der Waals surface area contributed by atoms with Crippen LogP contribution in [-0.4, -0.2) is 56.1 Å². The molecule has 0 unspecified atom stereocenters. The quantitative estimate of drug-likeness (QED) is 0.168. The highest BCUT2D eigenvalue weighted by Gasteiger charge is 2.28. The number of anilines is 2. The standard InChI is InChI=1S/C35H37N3O4/c1-38(2)19-17-31(18-20-38)42-35(41)37-33-22-25(12-16-32(33)27-8-4-3-5-9-27)7-6-10-34(40)36-30-15-14-28-21-26(24-39)11-13-29(28)23-30/h3-5,8-9,11-16,21-24,31H,6-7,10,17-20H2,1-2H3,(H-,36,37,39,40,41)/p+1. The molecular formula is C35H38N3O4+. The Morgan fingerprint density at radius 1 is 0.881 bits per heavy atom. The third kappa shape index (κ3) is 7.62. The summed E-state index contributed by atoms with van der Waals surface area (Å²) in [5.74, 6) is -0.0593.